The van der Waals surface area contributed by atoms with Crippen molar-refractivity contribution in [2.45, 2.75) is 52.4 Å². The average Bonchev–Trinajstić information content (AvgIpc) is 2.13. The molecule has 0 atom stereocenters. The molecule has 18 heavy (non-hydrogen) atoms. The first-order valence-corrected chi connectivity index (χ1v) is 6.14. The molecular formula is C13H19ClN2O2. The molecule has 0 aliphatic rings. The van der Waals surface area contributed by atoms with Crippen LogP contribution in [0.4, 0.5) is 0 Å². The summed E-state index contributed by atoms with van der Waals surface area (Å²) in [5.74, 6) is -0.0269. The molecule has 1 aromatic rings. The minimum Gasteiger partial charge on any atom is -0.504 e. The van der Waals surface area contributed by atoms with Gasteiger partial charge in [0.25, 0.3) is 5.24 Å². The molecule has 0 bridgehead atoms. The number of carbonyl (C=O) groups excluding carboxylic acids is 1. The number of aromatic hydroxyl groups is 1. The zero-order valence-electron chi connectivity index (χ0n) is 11.6. The Morgan fingerprint density at radius 1 is 1.00 bits per heavy atom. The van der Waals surface area contributed by atoms with Gasteiger partial charge in [-0.2, -0.15) is 0 Å². The van der Waals surface area contributed by atoms with Gasteiger partial charge in [0.1, 0.15) is 0 Å². The van der Waals surface area contributed by atoms with Gasteiger partial charge in [0.05, 0.1) is 11.4 Å². The number of hydrogen-bond donors (Lipinski definition) is 1. The molecule has 0 fully saturated rings. The van der Waals surface area contributed by atoms with E-state index in [4.69, 9.17) is 11.6 Å². The van der Waals surface area contributed by atoms with E-state index >= 15 is 0 Å². The Labute approximate surface area is 112 Å². The van der Waals surface area contributed by atoms with Crippen LogP contribution in [-0.2, 0) is 10.8 Å². The molecule has 1 rings (SSSR count). The molecule has 0 saturated carbocycles. The summed E-state index contributed by atoms with van der Waals surface area (Å²) in [7, 11) is 0. The first-order valence-electron chi connectivity index (χ1n) is 5.76. The van der Waals surface area contributed by atoms with E-state index in [1.165, 1.54) is 0 Å². The lowest BCUT2D eigenvalue weighted by Gasteiger charge is -2.25. The van der Waals surface area contributed by atoms with Crippen LogP contribution < -0.4 is 0 Å². The predicted molar refractivity (Wildman–Crippen MR) is 71.3 cm³/mol. The van der Waals surface area contributed by atoms with Gasteiger partial charge in [-0.05, 0) is 11.6 Å². The SMILES string of the molecule is CC(C)(C)c1nc(C(=O)Cl)nc(C(C)(C)C)c1O. The summed E-state index contributed by atoms with van der Waals surface area (Å²) < 4.78 is 0. The minimum absolute atomic E-state index is 0.0386. The summed E-state index contributed by atoms with van der Waals surface area (Å²) in [5.41, 5.74) is 0.0835. The highest BCUT2D eigenvalue weighted by Crippen LogP contribution is 2.36. The molecular weight excluding hydrogens is 252 g/mol. The van der Waals surface area contributed by atoms with Crippen LogP contribution in [0.3, 0.4) is 0 Å². The van der Waals surface area contributed by atoms with Crippen molar-refractivity contribution < 1.29 is 9.90 Å². The Balaban J connectivity index is 3.64. The molecule has 0 aromatic carbocycles. The van der Waals surface area contributed by atoms with Crippen LogP contribution in [0.2, 0.25) is 0 Å². The van der Waals surface area contributed by atoms with E-state index in [2.05, 4.69) is 9.97 Å². The zero-order valence-corrected chi connectivity index (χ0v) is 12.4. The molecule has 0 aliphatic carbocycles. The van der Waals surface area contributed by atoms with Gasteiger partial charge >= 0.3 is 0 Å². The summed E-state index contributed by atoms with van der Waals surface area (Å²) in [6.07, 6.45) is 0. The van der Waals surface area contributed by atoms with Crippen LogP contribution in [-0.4, -0.2) is 20.3 Å². The first-order chi connectivity index (χ1) is 7.94. The molecule has 5 heteroatoms. The highest BCUT2D eigenvalue weighted by atomic mass is 35.5. The van der Waals surface area contributed by atoms with Crippen molar-refractivity contribution >= 4 is 16.8 Å². The van der Waals surface area contributed by atoms with E-state index in [0.29, 0.717) is 11.4 Å². The normalized spacial score (nSPS) is 12.6. The van der Waals surface area contributed by atoms with Gasteiger partial charge in [-0.3, -0.25) is 4.79 Å². The number of nitrogens with zero attached hydrogens (tertiary/aromatic N) is 2. The summed E-state index contributed by atoms with van der Waals surface area (Å²) in [6.45, 7) is 11.4. The largest absolute Gasteiger partial charge is 0.504 e. The van der Waals surface area contributed by atoms with E-state index in [9.17, 15) is 9.90 Å². The lowest BCUT2D eigenvalue weighted by molar-refractivity contribution is 0.107. The Morgan fingerprint density at radius 3 is 1.56 bits per heavy atom. The third kappa shape index (κ3) is 2.99. The quantitative estimate of drug-likeness (QED) is 0.796. The Morgan fingerprint density at radius 2 is 1.33 bits per heavy atom. The van der Waals surface area contributed by atoms with Crippen molar-refractivity contribution in [3.05, 3.63) is 17.2 Å². The number of rotatable bonds is 1. The third-order valence-corrected chi connectivity index (χ3v) is 2.65. The van der Waals surface area contributed by atoms with Crippen molar-refractivity contribution in [3.63, 3.8) is 0 Å². The highest BCUT2D eigenvalue weighted by molar-refractivity contribution is 6.67. The van der Waals surface area contributed by atoms with Crippen LogP contribution in [0.5, 0.6) is 5.75 Å². The number of halogens is 1. The van der Waals surface area contributed by atoms with Gasteiger partial charge in [-0.15, -0.1) is 0 Å². The van der Waals surface area contributed by atoms with E-state index in [0.717, 1.165) is 0 Å². The Bertz CT molecular complexity index is 450. The maximum absolute atomic E-state index is 11.3. The average molecular weight is 271 g/mol. The second kappa shape index (κ2) is 4.50. The minimum atomic E-state index is -0.717. The highest BCUT2D eigenvalue weighted by Gasteiger charge is 2.30. The van der Waals surface area contributed by atoms with Crippen molar-refractivity contribution in [3.8, 4) is 5.75 Å². The lowest BCUT2D eigenvalue weighted by atomic mass is 9.85. The maximum atomic E-state index is 11.3. The molecule has 1 N–H and O–H groups in total. The summed E-state index contributed by atoms with van der Waals surface area (Å²) >= 11 is 5.45. The molecule has 4 nitrogen and oxygen atoms in total. The third-order valence-electron chi connectivity index (χ3n) is 2.48. The fourth-order valence-electron chi connectivity index (χ4n) is 1.59. The smallest absolute Gasteiger partial charge is 0.289 e. The Hall–Kier alpha value is -1.16. The van der Waals surface area contributed by atoms with Crippen molar-refractivity contribution in [1.82, 2.24) is 9.97 Å². The van der Waals surface area contributed by atoms with Gasteiger partial charge in [0.15, 0.2) is 5.75 Å². The van der Waals surface area contributed by atoms with Crippen molar-refractivity contribution in [1.29, 1.82) is 0 Å². The molecule has 0 aliphatic heterocycles. The van der Waals surface area contributed by atoms with Crippen molar-refractivity contribution in [2.75, 3.05) is 0 Å². The first kappa shape index (κ1) is 14.9. The maximum Gasteiger partial charge on any atom is 0.289 e. The van der Waals surface area contributed by atoms with Crippen LogP contribution in [0.25, 0.3) is 0 Å². The summed E-state index contributed by atoms with van der Waals surface area (Å²) in [4.78, 5) is 19.4. The van der Waals surface area contributed by atoms with Gasteiger partial charge in [0.2, 0.25) is 5.82 Å². The summed E-state index contributed by atoms with van der Waals surface area (Å²) in [5, 5.41) is 9.57. The Kier molecular flexibility index (Phi) is 3.73. The monoisotopic (exact) mass is 270 g/mol. The fourth-order valence-corrected chi connectivity index (χ4v) is 1.67. The van der Waals surface area contributed by atoms with E-state index in [-0.39, 0.29) is 11.6 Å². The van der Waals surface area contributed by atoms with Crippen LogP contribution in [0.1, 0.15) is 63.5 Å². The topological polar surface area (TPSA) is 63.1 Å². The number of carbonyl (C=O) groups is 1. The van der Waals surface area contributed by atoms with E-state index < -0.39 is 16.1 Å². The fraction of sp³-hybridized carbons (Fsp3) is 0.615. The molecule has 0 amide bonds. The second-order valence-electron chi connectivity index (χ2n) is 6.37. The molecule has 100 valence electrons. The lowest BCUT2D eigenvalue weighted by Crippen LogP contribution is -2.22. The van der Waals surface area contributed by atoms with Gasteiger partial charge in [-0.1, -0.05) is 41.5 Å². The molecule has 1 heterocycles. The summed E-state index contributed by atoms with van der Waals surface area (Å²) in [6, 6.07) is 0. The second-order valence-corrected chi connectivity index (χ2v) is 6.71. The van der Waals surface area contributed by atoms with Crippen molar-refractivity contribution in [2.24, 2.45) is 0 Å². The number of aromatic nitrogens is 2. The molecule has 0 radical (unpaired) electrons. The standard InChI is InChI=1S/C13H19ClN2O2/c1-12(2,3)8-7(17)9(13(4,5)6)16-11(15-8)10(14)18/h17H,1-6H3. The molecule has 0 unspecified atom stereocenters. The van der Waals surface area contributed by atoms with E-state index in [1.807, 2.05) is 41.5 Å². The predicted octanol–water partition coefficient (Wildman–Crippen LogP) is 3.16. The molecule has 0 spiro atoms. The van der Waals surface area contributed by atoms with Crippen LogP contribution in [0, 0.1) is 0 Å². The van der Waals surface area contributed by atoms with Gasteiger partial charge < -0.3 is 5.11 Å². The van der Waals surface area contributed by atoms with Gasteiger partial charge in [0, 0.05) is 10.8 Å². The van der Waals surface area contributed by atoms with Gasteiger partial charge in [-0.25, -0.2) is 9.97 Å². The zero-order chi connectivity index (χ0) is 14.3. The molecule has 0 saturated heterocycles. The van der Waals surface area contributed by atoms with Crippen LogP contribution >= 0.6 is 11.6 Å². The van der Waals surface area contributed by atoms with Crippen LogP contribution in [0.15, 0.2) is 0 Å². The molecule has 1 aromatic heterocycles. The van der Waals surface area contributed by atoms with E-state index in [1.54, 1.807) is 0 Å². The number of hydrogen-bond acceptors (Lipinski definition) is 4.